The number of nitrogens with zero attached hydrogens (tertiary/aromatic N) is 1. The van der Waals surface area contributed by atoms with Crippen molar-refractivity contribution in [1.82, 2.24) is 4.98 Å². The number of anilines is 2. The quantitative estimate of drug-likeness (QED) is 0.501. The van der Waals surface area contributed by atoms with Crippen molar-refractivity contribution < 1.29 is 4.79 Å². The number of hydrogen-bond acceptors (Lipinski definition) is 4. The fourth-order valence-electron chi connectivity index (χ4n) is 2.67. The van der Waals surface area contributed by atoms with Gasteiger partial charge in [0.05, 0.1) is 21.5 Å². The summed E-state index contributed by atoms with van der Waals surface area (Å²) in [5, 5.41) is 4.41. The van der Waals surface area contributed by atoms with E-state index in [0.717, 1.165) is 27.7 Å². The first kappa shape index (κ1) is 14.6. The van der Waals surface area contributed by atoms with E-state index in [1.54, 1.807) is 12.4 Å². The summed E-state index contributed by atoms with van der Waals surface area (Å²) in [5.74, 6) is 0. The van der Waals surface area contributed by atoms with Crippen molar-refractivity contribution in [2.45, 2.75) is 0 Å². The number of benzene rings is 2. The molecule has 0 fully saturated rings. The maximum absolute atomic E-state index is 11.0. The molecule has 0 unspecified atom stereocenters. The fraction of sp³-hybridized carbons (Fsp3) is 0. The molecule has 0 bridgehead atoms. The van der Waals surface area contributed by atoms with Gasteiger partial charge in [-0.15, -0.1) is 11.3 Å². The van der Waals surface area contributed by atoms with Crippen LogP contribution in [0.25, 0.3) is 21.2 Å². The largest absolute Gasteiger partial charge is 0.354 e. The number of pyridine rings is 1. The summed E-state index contributed by atoms with van der Waals surface area (Å²) >= 11 is 1.45. The van der Waals surface area contributed by atoms with E-state index >= 15 is 0 Å². The standard InChI is InChI=1S/C20H14N2OS/c23-13-17-10-18-19(11-21-12-20(18)24-17)22-16-8-6-15(7-9-16)14-4-2-1-3-5-14/h1-13,22H. The molecule has 2 aromatic heterocycles. The summed E-state index contributed by atoms with van der Waals surface area (Å²) in [5.41, 5.74) is 4.27. The lowest BCUT2D eigenvalue weighted by Gasteiger charge is -2.08. The molecule has 24 heavy (non-hydrogen) atoms. The third-order valence-corrected chi connectivity index (χ3v) is 4.85. The van der Waals surface area contributed by atoms with Gasteiger partial charge < -0.3 is 5.32 Å². The minimum atomic E-state index is 0.709. The first-order valence-corrected chi connectivity index (χ1v) is 8.40. The number of aldehydes is 1. The first-order chi connectivity index (χ1) is 11.8. The molecule has 3 nitrogen and oxygen atoms in total. The summed E-state index contributed by atoms with van der Waals surface area (Å²) in [6, 6.07) is 20.5. The van der Waals surface area contributed by atoms with Crippen molar-refractivity contribution in [3.8, 4) is 11.1 Å². The van der Waals surface area contributed by atoms with Gasteiger partial charge in [-0.05, 0) is 29.3 Å². The SMILES string of the molecule is O=Cc1cc2c(Nc3ccc(-c4ccccc4)cc3)cncc2s1. The molecule has 0 saturated carbocycles. The maximum Gasteiger partial charge on any atom is 0.160 e. The van der Waals surface area contributed by atoms with E-state index in [9.17, 15) is 4.79 Å². The van der Waals surface area contributed by atoms with Crippen LogP contribution in [0.2, 0.25) is 0 Å². The summed E-state index contributed by atoms with van der Waals surface area (Å²) in [6.45, 7) is 0. The second-order valence-electron chi connectivity index (χ2n) is 5.43. The van der Waals surface area contributed by atoms with Crippen LogP contribution in [-0.4, -0.2) is 11.3 Å². The van der Waals surface area contributed by atoms with Gasteiger partial charge in [-0.2, -0.15) is 0 Å². The molecule has 0 aliphatic rings. The van der Waals surface area contributed by atoms with Gasteiger partial charge >= 0.3 is 0 Å². The summed E-state index contributed by atoms with van der Waals surface area (Å²) < 4.78 is 1.00. The molecular weight excluding hydrogens is 316 g/mol. The second kappa shape index (κ2) is 6.26. The molecule has 116 valence electrons. The van der Waals surface area contributed by atoms with Crippen molar-refractivity contribution in [1.29, 1.82) is 0 Å². The molecule has 2 heterocycles. The number of rotatable bonds is 4. The van der Waals surface area contributed by atoms with Gasteiger partial charge in [0, 0.05) is 17.3 Å². The molecule has 2 aromatic carbocycles. The van der Waals surface area contributed by atoms with Gasteiger partial charge in [-0.25, -0.2) is 0 Å². The molecule has 1 N–H and O–H groups in total. The highest BCUT2D eigenvalue weighted by Crippen LogP contribution is 2.31. The van der Waals surface area contributed by atoms with Crippen LogP contribution >= 0.6 is 11.3 Å². The highest BCUT2D eigenvalue weighted by Gasteiger charge is 2.07. The van der Waals surface area contributed by atoms with Crippen LogP contribution in [0.15, 0.2) is 73.1 Å². The van der Waals surface area contributed by atoms with E-state index in [1.165, 1.54) is 22.5 Å². The van der Waals surface area contributed by atoms with Crippen molar-refractivity contribution in [3.63, 3.8) is 0 Å². The highest BCUT2D eigenvalue weighted by molar-refractivity contribution is 7.20. The van der Waals surface area contributed by atoms with Crippen LogP contribution in [0.4, 0.5) is 11.4 Å². The first-order valence-electron chi connectivity index (χ1n) is 7.59. The molecule has 0 atom stereocenters. The Morgan fingerprint density at radius 3 is 2.42 bits per heavy atom. The van der Waals surface area contributed by atoms with E-state index in [1.807, 2.05) is 36.4 Å². The lowest BCUT2D eigenvalue weighted by molar-refractivity contribution is 0.112. The molecule has 0 amide bonds. The molecule has 4 aromatic rings. The lowest BCUT2D eigenvalue weighted by atomic mass is 10.1. The molecular formula is C20H14N2OS. The summed E-state index contributed by atoms with van der Waals surface area (Å²) in [6.07, 6.45) is 4.45. The predicted octanol–water partition coefficient (Wildman–Crippen LogP) is 5.52. The van der Waals surface area contributed by atoms with Gasteiger partial charge in [-0.3, -0.25) is 9.78 Å². The molecule has 0 aliphatic carbocycles. The van der Waals surface area contributed by atoms with E-state index in [2.05, 4.69) is 34.6 Å². The predicted molar refractivity (Wildman–Crippen MR) is 100 cm³/mol. The van der Waals surface area contributed by atoms with E-state index < -0.39 is 0 Å². The van der Waals surface area contributed by atoms with Crippen molar-refractivity contribution in [2.75, 3.05) is 5.32 Å². The van der Waals surface area contributed by atoms with Gasteiger partial charge in [0.25, 0.3) is 0 Å². The monoisotopic (exact) mass is 330 g/mol. The van der Waals surface area contributed by atoms with Crippen molar-refractivity contribution in [3.05, 3.63) is 77.9 Å². The highest BCUT2D eigenvalue weighted by atomic mass is 32.1. The van der Waals surface area contributed by atoms with Gasteiger partial charge in [0.1, 0.15) is 0 Å². The van der Waals surface area contributed by atoms with E-state index in [0.29, 0.717) is 4.88 Å². The van der Waals surface area contributed by atoms with Crippen LogP contribution in [0.3, 0.4) is 0 Å². The number of carbonyl (C=O) groups is 1. The molecule has 0 spiro atoms. The zero-order valence-corrected chi connectivity index (χ0v) is 13.6. The Morgan fingerprint density at radius 2 is 1.67 bits per heavy atom. The molecule has 4 heteroatoms. The Morgan fingerprint density at radius 1 is 0.917 bits per heavy atom. The topological polar surface area (TPSA) is 42.0 Å². The minimum Gasteiger partial charge on any atom is -0.354 e. The average Bonchev–Trinajstić information content (AvgIpc) is 3.08. The van der Waals surface area contributed by atoms with E-state index in [4.69, 9.17) is 0 Å². The Bertz CT molecular complexity index is 991. The van der Waals surface area contributed by atoms with Gasteiger partial charge in [0.15, 0.2) is 6.29 Å². The smallest absolute Gasteiger partial charge is 0.160 e. The van der Waals surface area contributed by atoms with Crippen LogP contribution in [0.5, 0.6) is 0 Å². The number of fused-ring (bicyclic) bond motifs is 1. The molecule has 0 saturated heterocycles. The number of aromatic nitrogens is 1. The number of carbonyl (C=O) groups excluding carboxylic acids is 1. The van der Waals surface area contributed by atoms with Crippen molar-refractivity contribution >= 4 is 39.1 Å². The third kappa shape index (κ3) is 2.79. The normalized spacial score (nSPS) is 10.7. The van der Waals surface area contributed by atoms with Crippen LogP contribution in [0, 0.1) is 0 Å². The van der Waals surface area contributed by atoms with Crippen LogP contribution < -0.4 is 5.32 Å². The maximum atomic E-state index is 11.0. The Hall–Kier alpha value is -2.98. The van der Waals surface area contributed by atoms with E-state index in [-0.39, 0.29) is 0 Å². The summed E-state index contributed by atoms with van der Waals surface area (Å²) in [4.78, 5) is 16.0. The Balaban J connectivity index is 1.64. The number of nitrogens with one attached hydrogen (secondary N) is 1. The van der Waals surface area contributed by atoms with Gasteiger partial charge in [-0.1, -0.05) is 42.5 Å². The second-order valence-corrected chi connectivity index (χ2v) is 6.55. The number of thiophene rings is 1. The Labute approximate surface area is 143 Å². The molecule has 4 rings (SSSR count). The fourth-order valence-corrected chi connectivity index (χ4v) is 3.54. The third-order valence-electron chi connectivity index (χ3n) is 3.85. The Kier molecular flexibility index (Phi) is 3.81. The van der Waals surface area contributed by atoms with Gasteiger partial charge in [0.2, 0.25) is 0 Å². The van der Waals surface area contributed by atoms with Crippen LogP contribution in [0.1, 0.15) is 9.67 Å². The zero-order valence-electron chi connectivity index (χ0n) is 12.8. The lowest BCUT2D eigenvalue weighted by Crippen LogP contribution is -1.91. The average molecular weight is 330 g/mol. The molecule has 0 radical (unpaired) electrons. The molecule has 0 aliphatic heterocycles. The number of hydrogen-bond donors (Lipinski definition) is 1. The summed E-state index contributed by atoms with van der Waals surface area (Å²) in [7, 11) is 0. The van der Waals surface area contributed by atoms with Crippen molar-refractivity contribution in [2.24, 2.45) is 0 Å². The zero-order chi connectivity index (χ0) is 16.4. The minimum absolute atomic E-state index is 0.709. The van der Waals surface area contributed by atoms with Crippen LogP contribution in [-0.2, 0) is 0 Å².